The predicted octanol–water partition coefficient (Wildman–Crippen LogP) is 5.44. The van der Waals surface area contributed by atoms with E-state index < -0.39 is 0 Å². The van der Waals surface area contributed by atoms with Gasteiger partial charge in [-0.05, 0) is 58.6 Å². The molecular weight excluding hydrogens is 438 g/mol. The molecule has 2 unspecified atom stereocenters. The highest BCUT2D eigenvalue weighted by Crippen LogP contribution is 2.28. The van der Waals surface area contributed by atoms with Gasteiger partial charge in [0.25, 0.3) is 0 Å². The molecule has 2 saturated heterocycles. The molecule has 2 atom stereocenters. The predicted molar refractivity (Wildman–Crippen MR) is 133 cm³/mol. The van der Waals surface area contributed by atoms with E-state index in [1.165, 1.54) is 26.3 Å². The van der Waals surface area contributed by atoms with Gasteiger partial charge in [0, 0.05) is 30.1 Å². The Morgan fingerprint density at radius 1 is 1.27 bits per heavy atom. The Hall–Kier alpha value is -2.29. The van der Waals surface area contributed by atoms with Crippen LogP contribution in [0.15, 0.2) is 46.7 Å². The lowest BCUT2D eigenvalue weighted by Crippen LogP contribution is -2.11. The first-order valence-electron chi connectivity index (χ1n) is 11.3. The number of hydrogen-bond acceptors (Lipinski definition) is 8. The maximum Gasteiger partial charge on any atom is 0.338 e. The standard InChI is InChI=1S/C14H18O3S.C7H9N3.C4H8O/c1-10-7-8-11(17-10)9-18-13-6-4-3-5-12(13)14(15)16-2;1-3-9-7-4-8-5-10-6(7)2;1-2-4-5-3-1/h3-6,10-11H,7-9H2,1-2H3;3-5H,1-2H3;1-4H2. The monoisotopic (exact) mass is 473 g/mol. The van der Waals surface area contributed by atoms with Crippen molar-refractivity contribution in [3.8, 4) is 0 Å². The molecule has 2 aromatic rings. The summed E-state index contributed by atoms with van der Waals surface area (Å²) in [4.78, 5) is 24.4. The first-order chi connectivity index (χ1) is 16.0. The van der Waals surface area contributed by atoms with Gasteiger partial charge < -0.3 is 14.2 Å². The Kier molecular flexibility index (Phi) is 12.7. The lowest BCUT2D eigenvalue weighted by Gasteiger charge is -2.12. The second-order valence-electron chi connectivity index (χ2n) is 7.64. The van der Waals surface area contributed by atoms with Crippen LogP contribution in [-0.2, 0) is 14.2 Å². The van der Waals surface area contributed by atoms with Gasteiger partial charge in [-0.15, -0.1) is 11.8 Å². The maximum atomic E-state index is 11.6. The highest BCUT2D eigenvalue weighted by Gasteiger charge is 2.22. The van der Waals surface area contributed by atoms with Crippen LogP contribution in [0.3, 0.4) is 0 Å². The lowest BCUT2D eigenvalue weighted by molar-refractivity contribution is 0.0596. The van der Waals surface area contributed by atoms with Gasteiger partial charge in [0.2, 0.25) is 0 Å². The molecule has 4 rings (SSSR count). The molecule has 2 aliphatic heterocycles. The van der Waals surface area contributed by atoms with E-state index in [2.05, 4.69) is 21.9 Å². The molecule has 180 valence electrons. The Morgan fingerprint density at radius 3 is 2.61 bits per heavy atom. The van der Waals surface area contributed by atoms with Crippen molar-refractivity contribution in [2.75, 3.05) is 26.1 Å². The average Bonchev–Trinajstić information content (AvgIpc) is 3.55. The summed E-state index contributed by atoms with van der Waals surface area (Å²) < 4.78 is 15.5. The largest absolute Gasteiger partial charge is 0.465 e. The van der Waals surface area contributed by atoms with E-state index in [4.69, 9.17) is 14.2 Å². The Balaban J connectivity index is 0.000000213. The Labute approximate surface area is 201 Å². The first kappa shape index (κ1) is 27.0. The maximum absolute atomic E-state index is 11.6. The van der Waals surface area contributed by atoms with Gasteiger partial charge in [-0.2, -0.15) is 0 Å². The zero-order valence-electron chi connectivity index (χ0n) is 20.0. The minimum Gasteiger partial charge on any atom is -0.465 e. The summed E-state index contributed by atoms with van der Waals surface area (Å²) in [5.74, 6) is 0.608. The van der Waals surface area contributed by atoms with Crippen molar-refractivity contribution >= 4 is 29.6 Å². The highest BCUT2D eigenvalue weighted by atomic mass is 32.2. The fourth-order valence-corrected chi connectivity index (χ4v) is 4.31. The molecule has 0 N–H and O–H groups in total. The molecule has 0 spiro atoms. The van der Waals surface area contributed by atoms with Crippen LogP contribution < -0.4 is 0 Å². The summed E-state index contributed by atoms with van der Waals surface area (Å²) in [5.41, 5.74) is 2.38. The summed E-state index contributed by atoms with van der Waals surface area (Å²) in [6.45, 7) is 7.88. The topological polar surface area (TPSA) is 82.9 Å². The number of aryl methyl sites for hydroxylation is 1. The van der Waals surface area contributed by atoms with Gasteiger partial charge in [0.15, 0.2) is 0 Å². The van der Waals surface area contributed by atoms with Gasteiger partial charge in [0.1, 0.15) is 12.0 Å². The molecular formula is C25H35N3O4S. The number of nitrogens with zero attached hydrogens (tertiary/aromatic N) is 3. The fraction of sp³-hybridized carbons (Fsp3) is 0.520. The molecule has 0 radical (unpaired) electrons. The number of carbonyl (C=O) groups excluding carboxylic acids is 1. The molecule has 8 heteroatoms. The van der Waals surface area contributed by atoms with Crippen molar-refractivity contribution in [2.24, 2.45) is 4.99 Å². The van der Waals surface area contributed by atoms with E-state index >= 15 is 0 Å². The van der Waals surface area contributed by atoms with E-state index in [9.17, 15) is 4.79 Å². The van der Waals surface area contributed by atoms with Gasteiger partial charge in [-0.3, -0.25) is 4.99 Å². The van der Waals surface area contributed by atoms with Crippen LogP contribution in [0.1, 0.15) is 55.6 Å². The van der Waals surface area contributed by atoms with Crippen molar-refractivity contribution in [3.05, 3.63) is 48.0 Å². The third-order valence-corrected chi connectivity index (χ3v) is 6.22. The molecule has 0 saturated carbocycles. The third kappa shape index (κ3) is 10.0. The van der Waals surface area contributed by atoms with Crippen molar-refractivity contribution in [1.29, 1.82) is 0 Å². The third-order valence-electron chi connectivity index (χ3n) is 5.02. The van der Waals surface area contributed by atoms with E-state index in [-0.39, 0.29) is 5.97 Å². The van der Waals surface area contributed by atoms with Crippen LogP contribution in [0.2, 0.25) is 0 Å². The normalized spacial score (nSPS) is 19.4. The van der Waals surface area contributed by atoms with Crippen LogP contribution in [0, 0.1) is 6.92 Å². The van der Waals surface area contributed by atoms with E-state index in [1.807, 2.05) is 32.0 Å². The van der Waals surface area contributed by atoms with Crippen LogP contribution >= 0.6 is 11.8 Å². The fourth-order valence-electron chi connectivity index (χ4n) is 3.22. The summed E-state index contributed by atoms with van der Waals surface area (Å²) in [6, 6.07) is 7.54. The zero-order valence-corrected chi connectivity index (χ0v) is 20.8. The van der Waals surface area contributed by atoms with Crippen molar-refractivity contribution in [1.82, 2.24) is 9.97 Å². The molecule has 1 aromatic carbocycles. The number of aliphatic imine (C=N–C) groups is 1. The molecule has 33 heavy (non-hydrogen) atoms. The number of benzene rings is 1. The number of rotatable bonds is 5. The average molecular weight is 474 g/mol. The van der Waals surface area contributed by atoms with E-state index in [1.54, 1.807) is 30.2 Å². The van der Waals surface area contributed by atoms with Crippen molar-refractivity contribution in [3.63, 3.8) is 0 Å². The minimum atomic E-state index is -0.279. The van der Waals surface area contributed by atoms with Gasteiger partial charge in [0.05, 0.1) is 36.8 Å². The number of methoxy groups -OCH3 is 1. The Bertz CT molecular complexity index is 867. The minimum absolute atomic E-state index is 0.279. The highest BCUT2D eigenvalue weighted by molar-refractivity contribution is 7.99. The van der Waals surface area contributed by atoms with Crippen molar-refractivity contribution < 1.29 is 19.0 Å². The number of thioether (sulfide) groups is 1. The molecule has 0 aliphatic carbocycles. The summed E-state index contributed by atoms with van der Waals surface area (Å²) >= 11 is 1.66. The molecule has 7 nitrogen and oxygen atoms in total. The lowest BCUT2D eigenvalue weighted by atomic mass is 10.2. The van der Waals surface area contributed by atoms with Gasteiger partial charge in [-0.25, -0.2) is 14.8 Å². The summed E-state index contributed by atoms with van der Waals surface area (Å²) in [5, 5.41) is 0. The Morgan fingerprint density at radius 2 is 2.03 bits per heavy atom. The van der Waals surface area contributed by atoms with Gasteiger partial charge in [-0.1, -0.05) is 12.1 Å². The number of aromatic nitrogens is 2. The van der Waals surface area contributed by atoms with Crippen LogP contribution in [0.5, 0.6) is 0 Å². The van der Waals surface area contributed by atoms with Crippen molar-refractivity contribution in [2.45, 2.75) is 63.6 Å². The summed E-state index contributed by atoms with van der Waals surface area (Å²) in [7, 11) is 1.41. The van der Waals surface area contributed by atoms with E-state index in [0.29, 0.717) is 17.8 Å². The molecule has 2 fully saturated rings. The molecule has 0 bridgehead atoms. The molecule has 3 heterocycles. The molecule has 0 amide bonds. The zero-order chi connectivity index (χ0) is 23.9. The SMILES string of the molecule is C1CCOC1.CC=Nc1cncnc1C.COC(=O)c1ccccc1SCC1CCC(C)O1. The molecule has 1 aromatic heterocycles. The number of carbonyl (C=O) groups is 1. The number of ether oxygens (including phenoxy) is 3. The van der Waals surface area contributed by atoms with Gasteiger partial charge >= 0.3 is 5.97 Å². The van der Waals surface area contributed by atoms with E-state index in [0.717, 1.165) is 48.1 Å². The summed E-state index contributed by atoms with van der Waals surface area (Å²) in [6.07, 6.45) is 10.4. The second kappa shape index (κ2) is 15.5. The number of esters is 1. The second-order valence-corrected chi connectivity index (χ2v) is 8.71. The molecule has 2 aliphatic rings. The smallest absolute Gasteiger partial charge is 0.338 e. The number of hydrogen-bond donors (Lipinski definition) is 0. The first-order valence-corrected chi connectivity index (χ1v) is 12.3. The van der Waals surface area contributed by atoms with Crippen LogP contribution in [0.4, 0.5) is 5.69 Å². The quantitative estimate of drug-likeness (QED) is 0.325. The van der Waals surface area contributed by atoms with Crippen LogP contribution in [0.25, 0.3) is 0 Å². The van der Waals surface area contributed by atoms with Crippen LogP contribution in [-0.4, -0.2) is 60.4 Å².